The average molecular weight is 499 g/mol. The predicted molar refractivity (Wildman–Crippen MR) is 146 cm³/mol. The zero-order valence-corrected chi connectivity index (χ0v) is 21.2. The lowest BCUT2D eigenvalue weighted by atomic mass is 10.1. The zero-order valence-electron chi connectivity index (χ0n) is 21.2. The molecule has 0 unspecified atom stereocenters. The van der Waals surface area contributed by atoms with Gasteiger partial charge in [-0.25, -0.2) is 4.39 Å². The van der Waals surface area contributed by atoms with E-state index in [0.29, 0.717) is 29.3 Å². The van der Waals surface area contributed by atoms with Crippen molar-refractivity contribution in [1.82, 2.24) is 4.98 Å². The van der Waals surface area contributed by atoms with Gasteiger partial charge in [0.25, 0.3) is 0 Å². The van der Waals surface area contributed by atoms with Crippen LogP contribution in [0, 0.1) is 11.2 Å². The summed E-state index contributed by atoms with van der Waals surface area (Å²) in [4.78, 5) is 6.68. The number of anilines is 2. The van der Waals surface area contributed by atoms with E-state index in [0.717, 1.165) is 17.0 Å². The quantitative estimate of drug-likeness (QED) is 0.188. The Hall–Kier alpha value is -4.39. The average Bonchev–Trinajstić information content (AvgIpc) is 2.90. The number of nitrogens with one attached hydrogen (secondary N) is 1. The van der Waals surface area contributed by atoms with Crippen LogP contribution in [0.2, 0.25) is 0 Å². The van der Waals surface area contributed by atoms with Crippen molar-refractivity contribution in [3.8, 4) is 22.8 Å². The number of ether oxygens (including phenoxy) is 2. The lowest BCUT2D eigenvalue weighted by Gasteiger charge is -2.27. The van der Waals surface area contributed by atoms with E-state index in [1.165, 1.54) is 0 Å². The molecule has 190 valence electrons. The van der Waals surface area contributed by atoms with Gasteiger partial charge in [0.15, 0.2) is 11.6 Å². The van der Waals surface area contributed by atoms with Crippen LogP contribution in [0.4, 0.5) is 15.8 Å². The van der Waals surface area contributed by atoms with E-state index in [1.807, 2.05) is 86.3 Å². The van der Waals surface area contributed by atoms with E-state index < -0.39 is 5.82 Å². The number of benzene rings is 3. The molecule has 6 nitrogen and oxygen atoms in total. The lowest BCUT2D eigenvalue weighted by molar-refractivity contribution is 0.229. The molecule has 4 aromatic rings. The zero-order chi connectivity index (χ0) is 26.4. The summed E-state index contributed by atoms with van der Waals surface area (Å²) in [7, 11) is 0. The van der Waals surface area contributed by atoms with Crippen molar-refractivity contribution < 1.29 is 13.9 Å². The SMILES string of the molecule is CCOc1cc(OC(C)C)c(F)c(N(Cc2cccc(-c3ccccc3)n2)c2ccc(C(=N)N)cc2)c1. The molecule has 0 saturated heterocycles. The molecule has 3 N–H and O–H groups in total. The molecule has 0 amide bonds. The molecule has 0 aliphatic rings. The molecule has 0 aliphatic heterocycles. The summed E-state index contributed by atoms with van der Waals surface area (Å²) < 4.78 is 27.5. The van der Waals surface area contributed by atoms with Gasteiger partial charge in [-0.15, -0.1) is 0 Å². The summed E-state index contributed by atoms with van der Waals surface area (Å²) in [6.07, 6.45) is -0.216. The van der Waals surface area contributed by atoms with Crippen LogP contribution in [0.3, 0.4) is 0 Å². The number of nitrogens with zero attached hydrogens (tertiary/aromatic N) is 2. The topological polar surface area (TPSA) is 84.5 Å². The molecule has 7 heteroatoms. The Balaban J connectivity index is 1.82. The van der Waals surface area contributed by atoms with Crippen molar-refractivity contribution in [3.05, 3.63) is 102 Å². The molecule has 1 heterocycles. The fraction of sp³-hybridized carbons (Fsp3) is 0.200. The minimum absolute atomic E-state index is 0.0347. The molecule has 0 bridgehead atoms. The number of amidine groups is 1. The van der Waals surface area contributed by atoms with Gasteiger partial charge in [0.1, 0.15) is 11.6 Å². The highest BCUT2D eigenvalue weighted by Gasteiger charge is 2.22. The van der Waals surface area contributed by atoms with E-state index in [4.69, 9.17) is 25.6 Å². The fourth-order valence-electron chi connectivity index (χ4n) is 3.98. The van der Waals surface area contributed by atoms with Crippen molar-refractivity contribution in [3.63, 3.8) is 0 Å². The molecule has 0 fully saturated rings. The van der Waals surface area contributed by atoms with Crippen LogP contribution in [0.5, 0.6) is 11.5 Å². The summed E-state index contributed by atoms with van der Waals surface area (Å²) >= 11 is 0. The fourth-order valence-corrected chi connectivity index (χ4v) is 3.98. The Labute approximate surface area is 217 Å². The molecule has 37 heavy (non-hydrogen) atoms. The third-order valence-corrected chi connectivity index (χ3v) is 5.64. The third-order valence-electron chi connectivity index (χ3n) is 5.64. The maximum absolute atomic E-state index is 15.9. The van der Waals surface area contributed by atoms with Gasteiger partial charge in [-0.05, 0) is 57.2 Å². The number of halogens is 1. The van der Waals surface area contributed by atoms with Gasteiger partial charge in [0, 0.05) is 28.9 Å². The number of pyridine rings is 1. The van der Waals surface area contributed by atoms with E-state index in [1.54, 1.807) is 24.3 Å². The molecule has 0 aliphatic carbocycles. The molecule has 0 atom stereocenters. The second-order valence-corrected chi connectivity index (χ2v) is 8.78. The molecule has 1 aromatic heterocycles. The normalized spacial score (nSPS) is 10.8. The van der Waals surface area contributed by atoms with E-state index >= 15 is 4.39 Å². The van der Waals surface area contributed by atoms with Gasteiger partial charge in [0.2, 0.25) is 0 Å². The van der Waals surface area contributed by atoms with Crippen LogP contribution in [0.1, 0.15) is 32.0 Å². The number of hydrogen-bond donors (Lipinski definition) is 2. The maximum Gasteiger partial charge on any atom is 0.188 e. The number of nitrogen functional groups attached to an aromatic ring is 1. The molecule has 0 saturated carbocycles. The maximum atomic E-state index is 15.9. The Morgan fingerprint density at radius 1 is 1.00 bits per heavy atom. The molecule has 0 spiro atoms. The van der Waals surface area contributed by atoms with Crippen molar-refractivity contribution in [1.29, 1.82) is 5.41 Å². The van der Waals surface area contributed by atoms with E-state index in [9.17, 15) is 0 Å². The van der Waals surface area contributed by atoms with Crippen LogP contribution in [0.25, 0.3) is 11.3 Å². The Kier molecular flexibility index (Phi) is 8.03. The summed E-state index contributed by atoms with van der Waals surface area (Å²) in [5, 5.41) is 7.72. The Morgan fingerprint density at radius 2 is 1.73 bits per heavy atom. The van der Waals surface area contributed by atoms with Crippen LogP contribution >= 0.6 is 0 Å². The van der Waals surface area contributed by atoms with Gasteiger partial charge < -0.3 is 20.1 Å². The minimum atomic E-state index is -0.494. The summed E-state index contributed by atoms with van der Waals surface area (Å²) in [6.45, 7) is 6.30. The van der Waals surface area contributed by atoms with Crippen LogP contribution < -0.4 is 20.1 Å². The first kappa shape index (κ1) is 25.7. The van der Waals surface area contributed by atoms with Crippen LogP contribution in [0.15, 0.2) is 84.9 Å². The van der Waals surface area contributed by atoms with Crippen molar-refractivity contribution in [2.45, 2.75) is 33.4 Å². The van der Waals surface area contributed by atoms with E-state index in [-0.39, 0.29) is 24.2 Å². The summed E-state index contributed by atoms with van der Waals surface area (Å²) in [6, 6.07) is 26.1. The summed E-state index contributed by atoms with van der Waals surface area (Å²) in [5.41, 5.74) is 9.83. The number of nitrogens with two attached hydrogens (primary N) is 1. The standard InChI is InChI=1S/C30H31FN4O2/c1-4-36-25-17-27(29(31)28(18-25)37-20(2)3)35(24-15-13-22(14-16-24)30(32)33)19-23-11-8-12-26(34-23)21-9-6-5-7-10-21/h5-18,20H,4,19H2,1-3H3,(H3,32,33). The minimum Gasteiger partial charge on any atom is -0.494 e. The lowest BCUT2D eigenvalue weighted by Crippen LogP contribution is -2.20. The number of aromatic nitrogens is 1. The monoisotopic (exact) mass is 498 g/mol. The predicted octanol–water partition coefficient (Wildman–Crippen LogP) is 6.70. The first-order chi connectivity index (χ1) is 17.9. The van der Waals surface area contributed by atoms with Crippen molar-refractivity contribution >= 4 is 17.2 Å². The Morgan fingerprint density at radius 3 is 2.38 bits per heavy atom. The second kappa shape index (κ2) is 11.6. The number of hydrogen-bond acceptors (Lipinski definition) is 5. The summed E-state index contributed by atoms with van der Waals surface area (Å²) in [5.74, 6) is 0.0951. The first-order valence-electron chi connectivity index (χ1n) is 12.2. The van der Waals surface area contributed by atoms with Crippen molar-refractivity contribution in [2.75, 3.05) is 11.5 Å². The highest BCUT2D eigenvalue weighted by atomic mass is 19.1. The largest absolute Gasteiger partial charge is 0.494 e. The van der Waals surface area contributed by atoms with Gasteiger partial charge in [0.05, 0.1) is 36.3 Å². The van der Waals surface area contributed by atoms with Crippen molar-refractivity contribution in [2.24, 2.45) is 5.73 Å². The van der Waals surface area contributed by atoms with Gasteiger partial charge in [-0.1, -0.05) is 36.4 Å². The van der Waals surface area contributed by atoms with Crippen LogP contribution in [-0.4, -0.2) is 23.5 Å². The third kappa shape index (κ3) is 6.25. The molecule has 4 rings (SSSR count). The van der Waals surface area contributed by atoms with Gasteiger partial charge in [-0.3, -0.25) is 10.4 Å². The van der Waals surface area contributed by atoms with E-state index in [2.05, 4.69) is 0 Å². The molecule has 0 radical (unpaired) electrons. The molecular weight excluding hydrogens is 467 g/mol. The Bertz CT molecular complexity index is 1360. The van der Waals surface area contributed by atoms with Gasteiger partial charge in [-0.2, -0.15) is 0 Å². The number of rotatable bonds is 10. The highest BCUT2D eigenvalue weighted by molar-refractivity contribution is 5.95. The van der Waals surface area contributed by atoms with Gasteiger partial charge >= 0.3 is 0 Å². The van der Waals surface area contributed by atoms with Crippen LogP contribution in [-0.2, 0) is 6.54 Å². The highest BCUT2D eigenvalue weighted by Crippen LogP contribution is 2.38. The molecule has 3 aromatic carbocycles. The second-order valence-electron chi connectivity index (χ2n) is 8.78. The first-order valence-corrected chi connectivity index (χ1v) is 12.2. The smallest absolute Gasteiger partial charge is 0.188 e. The molecular formula is C30H31FN4O2.